The van der Waals surface area contributed by atoms with Crippen LogP contribution in [0.15, 0.2) is 18.3 Å². The van der Waals surface area contributed by atoms with Gasteiger partial charge in [-0.05, 0) is 24.0 Å². The van der Waals surface area contributed by atoms with Gasteiger partial charge in [0.05, 0.1) is 0 Å². The minimum atomic E-state index is 0.158. The molecule has 1 unspecified atom stereocenters. The minimum Gasteiger partial charge on any atom is -0.366 e. The molecule has 1 aromatic rings. The summed E-state index contributed by atoms with van der Waals surface area (Å²) in [5.74, 6) is 0.890. The lowest BCUT2D eigenvalue weighted by molar-refractivity contribution is 0.587. The molecular formula is C12H21N3. The first-order chi connectivity index (χ1) is 6.93. The van der Waals surface area contributed by atoms with Crippen LogP contribution in [-0.2, 0) is 5.41 Å². The molecular weight excluding hydrogens is 186 g/mol. The van der Waals surface area contributed by atoms with Crippen molar-refractivity contribution in [3.05, 3.63) is 23.9 Å². The van der Waals surface area contributed by atoms with Crippen molar-refractivity contribution in [2.24, 2.45) is 5.73 Å². The summed E-state index contributed by atoms with van der Waals surface area (Å²) in [5, 5.41) is 3.23. The number of aromatic nitrogens is 1. The van der Waals surface area contributed by atoms with Gasteiger partial charge in [-0.15, -0.1) is 0 Å². The van der Waals surface area contributed by atoms with Gasteiger partial charge in [0.25, 0.3) is 0 Å². The number of rotatable bonds is 3. The predicted octanol–water partition coefficient (Wildman–Crippen LogP) is 2.14. The van der Waals surface area contributed by atoms with Crippen LogP contribution in [0.3, 0.4) is 0 Å². The number of hydrogen-bond donors (Lipinski definition) is 2. The Morgan fingerprint density at radius 1 is 1.40 bits per heavy atom. The standard InChI is InChI=1S/C12H21N3/c1-9(7-13)15-11-6-5-10(8-14-11)12(2,3)4/h5-6,8-9H,7,13H2,1-4H3,(H,14,15). The van der Waals surface area contributed by atoms with E-state index < -0.39 is 0 Å². The van der Waals surface area contributed by atoms with E-state index in [1.54, 1.807) is 0 Å². The fraction of sp³-hybridized carbons (Fsp3) is 0.583. The molecule has 0 fully saturated rings. The average molecular weight is 207 g/mol. The third-order valence-electron chi connectivity index (χ3n) is 2.38. The van der Waals surface area contributed by atoms with Gasteiger partial charge in [-0.2, -0.15) is 0 Å². The predicted molar refractivity (Wildman–Crippen MR) is 65.1 cm³/mol. The van der Waals surface area contributed by atoms with Gasteiger partial charge in [0.2, 0.25) is 0 Å². The summed E-state index contributed by atoms with van der Waals surface area (Å²) in [6.45, 7) is 9.20. The van der Waals surface area contributed by atoms with Crippen molar-refractivity contribution in [1.29, 1.82) is 0 Å². The quantitative estimate of drug-likeness (QED) is 0.798. The lowest BCUT2D eigenvalue weighted by Gasteiger charge is -2.19. The van der Waals surface area contributed by atoms with E-state index in [0.717, 1.165) is 5.82 Å². The monoisotopic (exact) mass is 207 g/mol. The Bertz CT molecular complexity index is 298. The Hall–Kier alpha value is -1.09. The van der Waals surface area contributed by atoms with Crippen molar-refractivity contribution in [2.45, 2.75) is 39.2 Å². The number of pyridine rings is 1. The first-order valence-corrected chi connectivity index (χ1v) is 5.36. The smallest absolute Gasteiger partial charge is 0.126 e. The van der Waals surface area contributed by atoms with Gasteiger partial charge in [0, 0.05) is 18.8 Å². The molecule has 0 aliphatic carbocycles. The van der Waals surface area contributed by atoms with Crippen molar-refractivity contribution in [3.63, 3.8) is 0 Å². The zero-order chi connectivity index (χ0) is 11.5. The van der Waals surface area contributed by atoms with Gasteiger partial charge in [0.1, 0.15) is 5.82 Å². The van der Waals surface area contributed by atoms with E-state index in [9.17, 15) is 0 Å². The van der Waals surface area contributed by atoms with Crippen molar-refractivity contribution >= 4 is 5.82 Å². The van der Waals surface area contributed by atoms with E-state index in [2.05, 4.69) is 37.1 Å². The molecule has 15 heavy (non-hydrogen) atoms. The fourth-order valence-corrected chi connectivity index (χ4v) is 1.23. The molecule has 0 amide bonds. The molecule has 3 heteroatoms. The molecule has 0 aliphatic heterocycles. The molecule has 0 bridgehead atoms. The Balaban J connectivity index is 2.73. The Kier molecular flexibility index (Phi) is 3.69. The van der Waals surface area contributed by atoms with E-state index in [1.807, 2.05) is 19.2 Å². The van der Waals surface area contributed by atoms with E-state index in [-0.39, 0.29) is 11.5 Å². The lowest BCUT2D eigenvalue weighted by atomic mass is 9.88. The molecule has 1 rings (SSSR count). The van der Waals surface area contributed by atoms with E-state index >= 15 is 0 Å². The maximum atomic E-state index is 5.53. The van der Waals surface area contributed by atoms with Gasteiger partial charge >= 0.3 is 0 Å². The molecule has 0 radical (unpaired) electrons. The number of hydrogen-bond acceptors (Lipinski definition) is 3. The Labute approximate surface area is 92.1 Å². The van der Waals surface area contributed by atoms with Crippen LogP contribution in [-0.4, -0.2) is 17.6 Å². The van der Waals surface area contributed by atoms with Crippen LogP contribution in [0.1, 0.15) is 33.3 Å². The average Bonchev–Trinajstić information content (AvgIpc) is 2.17. The van der Waals surface area contributed by atoms with Gasteiger partial charge in [-0.25, -0.2) is 4.98 Å². The van der Waals surface area contributed by atoms with Crippen LogP contribution in [0.5, 0.6) is 0 Å². The maximum absolute atomic E-state index is 5.53. The van der Waals surface area contributed by atoms with Crippen LogP contribution in [0.2, 0.25) is 0 Å². The molecule has 3 nitrogen and oxygen atoms in total. The maximum Gasteiger partial charge on any atom is 0.126 e. The molecule has 0 aliphatic rings. The highest BCUT2D eigenvalue weighted by atomic mass is 15.0. The first kappa shape index (κ1) is 12.0. The van der Waals surface area contributed by atoms with Crippen LogP contribution in [0.25, 0.3) is 0 Å². The molecule has 0 aromatic carbocycles. The Morgan fingerprint density at radius 3 is 2.47 bits per heavy atom. The summed E-state index contributed by atoms with van der Waals surface area (Å²) in [5.41, 5.74) is 6.93. The molecule has 0 saturated carbocycles. The van der Waals surface area contributed by atoms with E-state index in [0.29, 0.717) is 6.54 Å². The molecule has 0 spiro atoms. The number of nitrogens with zero attached hydrogens (tertiary/aromatic N) is 1. The van der Waals surface area contributed by atoms with Gasteiger partial charge in [-0.3, -0.25) is 0 Å². The topological polar surface area (TPSA) is 50.9 Å². The van der Waals surface area contributed by atoms with Crippen LogP contribution < -0.4 is 11.1 Å². The number of nitrogens with two attached hydrogens (primary N) is 1. The second-order valence-corrected chi connectivity index (χ2v) is 4.96. The molecule has 84 valence electrons. The van der Waals surface area contributed by atoms with Crippen molar-refractivity contribution < 1.29 is 0 Å². The summed E-state index contributed by atoms with van der Waals surface area (Å²) in [7, 11) is 0. The molecule has 1 heterocycles. The van der Waals surface area contributed by atoms with Crippen molar-refractivity contribution in [2.75, 3.05) is 11.9 Å². The zero-order valence-electron chi connectivity index (χ0n) is 10.0. The molecule has 1 aromatic heterocycles. The second kappa shape index (κ2) is 4.62. The lowest BCUT2D eigenvalue weighted by Crippen LogP contribution is -2.25. The highest BCUT2D eigenvalue weighted by Gasteiger charge is 2.13. The summed E-state index contributed by atoms with van der Waals surface area (Å²) in [4.78, 5) is 4.37. The van der Waals surface area contributed by atoms with Crippen molar-refractivity contribution in [1.82, 2.24) is 4.98 Å². The first-order valence-electron chi connectivity index (χ1n) is 5.36. The summed E-state index contributed by atoms with van der Waals surface area (Å²) in [6, 6.07) is 4.38. The van der Waals surface area contributed by atoms with Crippen LogP contribution >= 0.6 is 0 Å². The normalized spacial score (nSPS) is 13.7. The summed E-state index contributed by atoms with van der Waals surface area (Å²) >= 11 is 0. The zero-order valence-corrected chi connectivity index (χ0v) is 10.0. The molecule has 0 saturated heterocycles. The Morgan fingerprint density at radius 2 is 2.07 bits per heavy atom. The number of nitrogens with one attached hydrogen (secondary N) is 1. The van der Waals surface area contributed by atoms with E-state index in [1.165, 1.54) is 5.56 Å². The summed E-state index contributed by atoms with van der Waals surface area (Å²) in [6.07, 6.45) is 1.92. The fourth-order valence-electron chi connectivity index (χ4n) is 1.23. The highest BCUT2D eigenvalue weighted by molar-refractivity contribution is 5.37. The third kappa shape index (κ3) is 3.51. The third-order valence-corrected chi connectivity index (χ3v) is 2.38. The van der Waals surface area contributed by atoms with Crippen LogP contribution in [0, 0.1) is 0 Å². The van der Waals surface area contributed by atoms with Gasteiger partial charge < -0.3 is 11.1 Å². The van der Waals surface area contributed by atoms with Crippen molar-refractivity contribution in [3.8, 4) is 0 Å². The van der Waals surface area contributed by atoms with E-state index in [4.69, 9.17) is 5.73 Å². The molecule has 1 atom stereocenters. The number of anilines is 1. The van der Waals surface area contributed by atoms with Gasteiger partial charge in [0.15, 0.2) is 0 Å². The highest BCUT2D eigenvalue weighted by Crippen LogP contribution is 2.21. The molecule has 3 N–H and O–H groups in total. The SMILES string of the molecule is CC(CN)Nc1ccc(C(C)(C)C)cn1. The van der Waals surface area contributed by atoms with Crippen LogP contribution in [0.4, 0.5) is 5.82 Å². The van der Waals surface area contributed by atoms with Gasteiger partial charge in [-0.1, -0.05) is 26.8 Å². The largest absolute Gasteiger partial charge is 0.366 e. The minimum absolute atomic E-state index is 0.158. The summed E-state index contributed by atoms with van der Waals surface area (Å²) < 4.78 is 0. The second-order valence-electron chi connectivity index (χ2n) is 4.96.